The fourth-order valence-electron chi connectivity index (χ4n) is 1.35. The van der Waals surface area contributed by atoms with Crippen molar-refractivity contribution in [2.45, 2.75) is 26.2 Å². The zero-order valence-electron chi connectivity index (χ0n) is 8.54. The molecule has 0 aliphatic heterocycles. The number of nitrogens with one attached hydrogen (secondary N) is 1. The minimum Gasteiger partial charge on any atom is -0.316 e. The second-order valence-electron chi connectivity index (χ2n) is 3.68. The van der Waals surface area contributed by atoms with Crippen LogP contribution in [0, 0.1) is 17.2 Å². The molecule has 15 heavy (non-hydrogen) atoms. The van der Waals surface area contributed by atoms with Crippen LogP contribution in [0.15, 0.2) is 6.07 Å². The number of hydrogen-bond donors (Lipinski definition) is 1. The number of aryl methyl sites for hydroxylation is 1. The molecule has 1 aromatic rings. The minimum absolute atomic E-state index is 0.0657. The van der Waals surface area contributed by atoms with E-state index in [1.807, 2.05) is 13.0 Å². The maximum atomic E-state index is 11.5. The van der Waals surface area contributed by atoms with Crippen LogP contribution in [-0.2, 0) is 11.2 Å². The highest BCUT2D eigenvalue weighted by Gasteiger charge is 2.30. The molecule has 1 amide bonds. The Morgan fingerprint density at radius 2 is 2.47 bits per heavy atom. The summed E-state index contributed by atoms with van der Waals surface area (Å²) < 4.78 is 0. The third kappa shape index (κ3) is 2.18. The van der Waals surface area contributed by atoms with Crippen LogP contribution < -0.4 is 5.32 Å². The highest BCUT2D eigenvalue weighted by Crippen LogP contribution is 2.33. The molecule has 2 rings (SSSR count). The van der Waals surface area contributed by atoms with E-state index >= 15 is 0 Å². The van der Waals surface area contributed by atoms with Crippen molar-refractivity contribution in [3.63, 3.8) is 0 Å². The topological polar surface area (TPSA) is 52.9 Å². The van der Waals surface area contributed by atoms with Crippen LogP contribution in [0.1, 0.15) is 30.2 Å². The van der Waals surface area contributed by atoms with E-state index in [1.165, 1.54) is 11.3 Å². The number of rotatable bonds is 3. The molecule has 4 heteroatoms. The molecule has 0 unspecified atom stereocenters. The van der Waals surface area contributed by atoms with Gasteiger partial charge in [-0.2, -0.15) is 5.26 Å². The molecule has 0 bridgehead atoms. The molecule has 0 radical (unpaired) electrons. The summed E-state index contributed by atoms with van der Waals surface area (Å²) in [6.45, 7) is 2.04. The normalized spacial score (nSPS) is 14.7. The number of hydrogen-bond acceptors (Lipinski definition) is 3. The average molecular weight is 220 g/mol. The van der Waals surface area contributed by atoms with E-state index in [0.717, 1.165) is 24.1 Å². The molecule has 1 aliphatic rings. The Balaban J connectivity index is 2.15. The predicted molar refractivity (Wildman–Crippen MR) is 59.8 cm³/mol. The van der Waals surface area contributed by atoms with Crippen LogP contribution in [0.4, 0.5) is 5.00 Å². The van der Waals surface area contributed by atoms with E-state index in [9.17, 15) is 4.79 Å². The molecule has 78 valence electrons. The van der Waals surface area contributed by atoms with Gasteiger partial charge in [-0.1, -0.05) is 6.92 Å². The molecule has 0 atom stereocenters. The van der Waals surface area contributed by atoms with Crippen LogP contribution in [-0.4, -0.2) is 5.91 Å². The van der Waals surface area contributed by atoms with Gasteiger partial charge < -0.3 is 5.32 Å². The van der Waals surface area contributed by atoms with Crippen molar-refractivity contribution in [1.82, 2.24) is 0 Å². The first kappa shape index (κ1) is 10.2. The van der Waals surface area contributed by atoms with Gasteiger partial charge in [-0.05, 0) is 25.3 Å². The lowest BCUT2D eigenvalue weighted by atomic mass is 10.3. The lowest BCUT2D eigenvalue weighted by Gasteiger charge is -2.00. The first-order valence-electron chi connectivity index (χ1n) is 5.08. The second kappa shape index (κ2) is 4.03. The van der Waals surface area contributed by atoms with Crippen molar-refractivity contribution in [3.8, 4) is 6.07 Å². The summed E-state index contributed by atoms with van der Waals surface area (Å²) >= 11 is 1.50. The fourth-order valence-corrected chi connectivity index (χ4v) is 2.30. The molecule has 1 aliphatic carbocycles. The van der Waals surface area contributed by atoms with Gasteiger partial charge >= 0.3 is 0 Å². The Kier molecular flexibility index (Phi) is 2.74. The summed E-state index contributed by atoms with van der Waals surface area (Å²) in [6.07, 6.45) is 2.87. The summed E-state index contributed by atoms with van der Waals surface area (Å²) in [4.78, 5) is 12.7. The van der Waals surface area contributed by atoms with Crippen LogP contribution in [0.3, 0.4) is 0 Å². The van der Waals surface area contributed by atoms with Crippen molar-refractivity contribution in [3.05, 3.63) is 16.5 Å². The molecule has 1 aromatic heterocycles. The average Bonchev–Trinajstić information content (AvgIpc) is 3.01. The Labute approximate surface area is 92.7 Å². The van der Waals surface area contributed by atoms with Gasteiger partial charge in [0.1, 0.15) is 11.1 Å². The number of anilines is 1. The Bertz CT molecular complexity index is 426. The van der Waals surface area contributed by atoms with Gasteiger partial charge in [-0.3, -0.25) is 4.79 Å². The summed E-state index contributed by atoms with van der Waals surface area (Å²) in [5.41, 5.74) is 0.589. The SMILES string of the molecule is CCc1cc(C#N)c(NC(=O)C2CC2)s1. The van der Waals surface area contributed by atoms with Gasteiger partial charge in [-0.25, -0.2) is 0 Å². The van der Waals surface area contributed by atoms with Crippen LogP contribution in [0.25, 0.3) is 0 Å². The number of nitriles is 1. The van der Waals surface area contributed by atoms with Crippen LogP contribution in [0.5, 0.6) is 0 Å². The third-order valence-corrected chi connectivity index (χ3v) is 3.63. The first-order chi connectivity index (χ1) is 7.24. The lowest BCUT2D eigenvalue weighted by molar-refractivity contribution is -0.117. The van der Waals surface area contributed by atoms with E-state index < -0.39 is 0 Å². The van der Waals surface area contributed by atoms with Crippen LogP contribution >= 0.6 is 11.3 Å². The Hall–Kier alpha value is -1.34. The zero-order valence-corrected chi connectivity index (χ0v) is 9.36. The van der Waals surface area contributed by atoms with Gasteiger partial charge in [-0.15, -0.1) is 11.3 Å². The van der Waals surface area contributed by atoms with Crippen molar-refractivity contribution in [2.75, 3.05) is 5.32 Å². The Morgan fingerprint density at radius 1 is 1.73 bits per heavy atom. The second-order valence-corrected chi connectivity index (χ2v) is 4.82. The summed E-state index contributed by atoms with van der Waals surface area (Å²) in [6, 6.07) is 3.97. The molecule has 1 N–H and O–H groups in total. The van der Waals surface area contributed by atoms with Gasteiger partial charge in [0.25, 0.3) is 0 Å². The largest absolute Gasteiger partial charge is 0.316 e. The highest BCUT2D eigenvalue weighted by atomic mass is 32.1. The summed E-state index contributed by atoms with van der Waals surface area (Å²) in [5.74, 6) is 0.250. The molecule has 1 saturated carbocycles. The van der Waals surface area contributed by atoms with E-state index in [1.54, 1.807) is 0 Å². The fraction of sp³-hybridized carbons (Fsp3) is 0.455. The van der Waals surface area contributed by atoms with E-state index in [4.69, 9.17) is 5.26 Å². The molecule has 0 aromatic carbocycles. The highest BCUT2D eigenvalue weighted by molar-refractivity contribution is 7.16. The molecule has 0 spiro atoms. The number of carbonyl (C=O) groups is 1. The van der Waals surface area contributed by atoms with E-state index in [-0.39, 0.29) is 11.8 Å². The quantitative estimate of drug-likeness (QED) is 0.851. The van der Waals surface area contributed by atoms with Gasteiger partial charge in [0.05, 0.1) is 5.56 Å². The van der Waals surface area contributed by atoms with Gasteiger partial charge in [0, 0.05) is 10.8 Å². The smallest absolute Gasteiger partial charge is 0.228 e. The van der Waals surface area contributed by atoms with E-state index in [2.05, 4.69) is 11.4 Å². The molecule has 3 nitrogen and oxygen atoms in total. The lowest BCUT2D eigenvalue weighted by Crippen LogP contribution is -2.12. The molecular weight excluding hydrogens is 208 g/mol. The minimum atomic E-state index is 0.0657. The van der Waals surface area contributed by atoms with Crippen LogP contribution in [0.2, 0.25) is 0 Å². The van der Waals surface area contributed by atoms with Gasteiger partial charge in [0.15, 0.2) is 0 Å². The third-order valence-electron chi connectivity index (χ3n) is 2.44. The zero-order chi connectivity index (χ0) is 10.8. The van der Waals surface area contributed by atoms with E-state index in [0.29, 0.717) is 10.6 Å². The van der Waals surface area contributed by atoms with Crippen molar-refractivity contribution < 1.29 is 4.79 Å². The number of carbonyl (C=O) groups excluding carboxylic acids is 1. The van der Waals surface area contributed by atoms with Crippen molar-refractivity contribution in [2.24, 2.45) is 5.92 Å². The maximum absolute atomic E-state index is 11.5. The molecule has 0 saturated heterocycles. The monoisotopic (exact) mass is 220 g/mol. The summed E-state index contributed by atoms with van der Waals surface area (Å²) in [7, 11) is 0. The Morgan fingerprint density at radius 3 is 3.00 bits per heavy atom. The molecule has 1 fully saturated rings. The van der Waals surface area contributed by atoms with Crippen molar-refractivity contribution in [1.29, 1.82) is 5.26 Å². The predicted octanol–water partition coefficient (Wildman–Crippen LogP) is 2.53. The summed E-state index contributed by atoms with van der Waals surface area (Å²) in [5, 5.41) is 12.4. The molecule has 1 heterocycles. The number of nitrogens with zero attached hydrogens (tertiary/aromatic N) is 1. The number of amides is 1. The standard InChI is InChI=1S/C11H12N2OS/c1-2-9-5-8(6-12)11(15-9)13-10(14)7-3-4-7/h5,7H,2-4H2,1H3,(H,13,14). The molecular formula is C11H12N2OS. The van der Waals surface area contributed by atoms with Crippen molar-refractivity contribution >= 4 is 22.2 Å². The first-order valence-corrected chi connectivity index (χ1v) is 5.90. The number of thiophene rings is 1. The maximum Gasteiger partial charge on any atom is 0.228 e. The van der Waals surface area contributed by atoms with Gasteiger partial charge in [0.2, 0.25) is 5.91 Å².